The van der Waals surface area contributed by atoms with Crippen LogP contribution in [0.25, 0.3) is 0 Å². The zero-order valence-corrected chi connectivity index (χ0v) is 13.7. The second-order valence-electron chi connectivity index (χ2n) is 6.05. The summed E-state index contributed by atoms with van der Waals surface area (Å²) in [6.07, 6.45) is 1.85. The second-order valence-corrected chi connectivity index (χ2v) is 6.05. The van der Waals surface area contributed by atoms with Crippen molar-refractivity contribution in [2.45, 2.75) is 39.7 Å². The van der Waals surface area contributed by atoms with E-state index in [1.54, 1.807) is 13.0 Å². The summed E-state index contributed by atoms with van der Waals surface area (Å²) < 4.78 is 5.32. The highest BCUT2D eigenvalue weighted by Crippen LogP contribution is 2.26. The van der Waals surface area contributed by atoms with Gasteiger partial charge >= 0.3 is 6.03 Å². The van der Waals surface area contributed by atoms with Gasteiger partial charge < -0.3 is 15.4 Å². The van der Waals surface area contributed by atoms with E-state index in [1.807, 2.05) is 13.8 Å². The Balaban J connectivity index is 2.02. The van der Waals surface area contributed by atoms with Crippen molar-refractivity contribution >= 4 is 17.4 Å². The van der Waals surface area contributed by atoms with E-state index in [1.165, 1.54) is 6.07 Å². The minimum Gasteiger partial charge on any atom is -0.381 e. The Kier molecular flexibility index (Phi) is 5.54. The molecule has 2 rings (SSSR count). The van der Waals surface area contributed by atoms with Crippen LogP contribution in [0.3, 0.4) is 0 Å². The summed E-state index contributed by atoms with van der Waals surface area (Å²) in [5, 5.41) is 16.7. The summed E-state index contributed by atoms with van der Waals surface area (Å²) in [4.78, 5) is 22.7. The monoisotopic (exact) mass is 321 g/mol. The number of benzene rings is 1. The zero-order chi connectivity index (χ0) is 17.0. The molecule has 2 N–H and O–H groups in total. The number of carbonyl (C=O) groups excluding carboxylic acids is 1. The lowest BCUT2D eigenvalue weighted by Crippen LogP contribution is -2.42. The standard InChI is InChI=1S/C16H23N3O4/c1-10-8-11(2)15(19(21)22)9-14(10)18-16(20)17-12(3)13-4-6-23-7-5-13/h8-9,12-13H,4-7H2,1-3H3,(H2,17,18,20)/t12-/m0/s1. The third-order valence-corrected chi connectivity index (χ3v) is 4.32. The average Bonchev–Trinajstić information content (AvgIpc) is 2.50. The van der Waals surface area contributed by atoms with Crippen LogP contribution < -0.4 is 10.6 Å². The van der Waals surface area contributed by atoms with Gasteiger partial charge in [-0.2, -0.15) is 0 Å². The van der Waals surface area contributed by atoms with Crippen LogP contribution in [0.5, 0.6) is 0 Å². The van der Waals surface area contributed by atoms with Crippen LogP contribution in [0.15, 0.2) is 12.1 Å². The van der Waals surface area contributed by atoms with E-state index >= 15 is 0 Å². The molecule has 1 aliphatic heterocycles. The average molecular weight is 321 g/mol. The summed E-state index contributed by atoms with van der Waals surface area (Å²) in [7, 11) is 0. The molecular formula is C16H23N3O4. The quantitative estimate of drug-likeness (QED) is 0.658. The Bertz CT molecular complexity index is 597. The number of rotatable bonds is 4. The van der Waals surface area contributed by atoms with Crippen LogP contribution in [-0.4, -0.2) is 30.2 Å². The number of urea groups is 1. The number of hydrogen-bond acceptors (Lipinski definition) is 4. The summed E-state index contributed by atoms with van der Waals surface area (Å²) in [6, 6.07) is 2.80. The zero-order valence-electron chi connectivity index (χ0n) is 13.7. The lowest BCUT2D eigenvalue weighted by molar-refractivity contribution is -0.385. The predicted octanol–water partition coefficient (Wildman–Crippen LogP) is 3.15. The maximum Gasteiger partial charge on any atom is 0.319 e. The number of nitrogens with one attached hydrogen (secondary N) is 2. The molecule has 0 aromatic heterocycles. The molecule has 1 fully saturated rings. The number of carbonyl (C=O) groups is 1. The van der Waals surface area contributed by atoms with E-state index in [4.69, 9.17) is 4.74 Å². The lowest BCUT2D eigenvalue weighted by Gasteiger charge is -2.28. The second kappa shape index (κ2) is 7.41. The van der Waals surface area contributed by atoms with Crippen molar-refractivity contribution in [3.63, 3.8) is 0 Å². The summed E-state index contributed by atoms with van der Waals surface area (Å²) in [5.41, 5.74) is 1.83. The number of hydrogen-bond donors (Lipinski definition) is 2. The number of nitro groups is 1. The highest BCUT2D eigenvalue weighted by molar-refractivity contribution is 5.90. The molecule has 126 valence electrons. The van der Waals surface area contributed by atoms with Crippen molar-refractivity contribution in [1.82, 2.24) is 5.32 Å². The van der Waals surface area contributed by atoms with Gasteiger partial charge in [0.2, 0.25) is 0 Å². The van der Waals surface area contributed by atoms with Gasteiger partial charge in [0, 0.05) is 30.9 Å². The molecule has 7 heteroatoms. The molecule has 1 heterocycles. The molecule has 0 bridgehead atoms. The molecular weight excluding hydrogens is 298 g/mol. The fraction of sp³-hybridized carbons (Fsp3) is 0.562. The van der Waals surface area contributed by atoms with Crippen LogP contribution in [0.1, 0.15) is 30.9 Å². The molecule has 0 unspecified atom stereocenters. The van der Waals surface area contributed by atoms with Crippen molar-refractivity contribution in [2.24, 2.45) is 5.92 Å². The van der Waals surface area contributed by atoms with Gasteiger partial charge in [-0.05, 0) is 51.2 Å². The van der Waals surface area contributed by atoms with E-state index in [0.29, 0.717) is 17.2 Å². The molecule has 1 aromatic carbocycles. The van der Waals surface area contributed by atoms with Crippen molar-refractivity contribution in [3.05, 3.63) is 33.4 Å². The smallest absolute Gasteiger partial charge is 0.319 e. The molecule has 2 amide bonds. The van der Waals surface area contributed by atoms with Crippen molar-refractivity contribution < 1.29 is 14.5 Å². The van der Waals surface area contributed by atoms with E-state index < -0.39 is 4.92 Å². The lowest BCUT2D eigenvalue weighted by atomic mass is 9.93. The van der Waals surface area contributed by atoms with Gasteiger partial charge in [0.05, 0.1) is 10.6 Å². The summed E-state index contributed by atoms with van der Waals surface area (Å²) in [6.45, 7) is 6.92. The number of anilines is 1. The van der Waals surface area contributed by atoms with Crippen LogP contribution in [0, 0.1) is 29.9 Å². The molecule has 1 atom stereocenters. The Labute approximate surface area is 135 Å². The first-order valence-electron chi connectivity index (χ1n) is 7.79. The van der Waals surface area contributed by atoms with Crippen LogP contribution in [0.4, 0.5) is 16.2 Å². The highest BCUT2D eigenvalue weighted by Gasteiger charge is 2.22. The molecule has 1 aliphatic rings. The molecule has 0 aliphatic carbocycles. The number of nitro benzene ring substituents is 1. The van der Waals surface area contributed by atoms with Crippen molar-refractivity contribution in [1.29, 1.82) is 0 Å². The minimum absolute atomic E-state index is 0.00313. The number of amides is 2. The normalized spacial score (nSPS) is 16.7. The van der Waals surface area contributed by atoms with Gasteiger partial charge in [-0.3, -0.25) is 10.1 Å². The fourth-order valence-electron chi connectivity index (χ4n) is 2.87. The Morgan fingerprint density at radius 1 is 1.30 bits per heavy atom. The largest absolute Gasteiger partial charge is 0.381 e. The van der Waals surface area contributed by atoms with E-state index in [0.717, 1.165) is 31.6 Å². The van der Waals surface area contributed by atoms with Crippen LogP contribution in [0.2, 0.25) is 0 Å². The molecule has 0 radical (unpaired) electrons. The number of aryl methyl sites for hydroxylation is 2. The molecule has 0 spiro atoms. The minimum atomic E-state index is -0.442. The van der Waals surface area contributed by atoms with Crippen LogP contribution >= 0.6 is 0 Å². The van der Waals surface area contributed by atoms with E-state index in [9.17, 15) is 14.9 Å². The molecule has 1 aromatic rings. The van der Waals surface area contributed by atoms with Crippen molar-refractivity contribution in [2.75, 3.05) is 18.5 Å². The van der Waals surface area contributed by atoms with Crippen molar-refractivity contribution in [3.8, 4) is 0 Å². The molecule has 23 heavy (non-hydrogen) atoms. The Morgan fingerprint density at radius 2 is 1.96 bits per heavy atom. The topological polar surface area (TPSA) is 93.5 Å². The van der Waals surface area contributed by atoms with Gasteiger partial charge in [-0.1, -0.05) is 0 Å². The molecule has 1 saturated heterocycles. The first-order valence-corrected chi connectivity index (χ1v) is 7.79. The summed E-state index contributed by atoms with van der Waals surface area (Å²) in [5.74, 6) is 0.392. The van der Waals surface area contributed by atoms with Gasteiger partial charge in [0.15, 0.2) is 0 Å². The van der Waals surface area contributed by atoms with Gasteiger partial charge in [0.1, 0.15) is 0 Å². The third-order valence-electron chi connectivity index (χ3n) is 4.32. The van der Waals surface area contributed by atoms with E-state index in [-0.39, 0.29) is 17.8 Å². The number of ether oxygens (including phenoxy) is 1. The SMILES string of the molecule is Cc1cc(C)c([N+](=O)[O-])cc1NC(=O)N[C@@H](C)C1CCOCC1. The van der Waals surface area contributed by atoms with Gasteiger partial charge in [-0.25, -0.2) is 4.79 Å². The first kappa shape index (κ1) is 17.2. The van der Waals surface area contributed by atoms with E-state index in [2.05, 4.69) is 10.6 Å². The molecule has 0 saturated carbocycles. The molecule has 7 nitrogen and oxygen atoms in total. The number of nitrogens with zero attached hydrogens (tertiary/aromatic N) is 1. The maximum atomic E-state index is 12.2. The highest BCUT2D eigenvalue weighted by atomic mass is 16.6. The Hall–Kier alpha value is -2.15. The fourth-order valence-corrected chi connectivity index (χ4v) is 2.87. The summed E-state index contributed by atoms with van der Waals surface area (Å²) >= 11 is 0. The third kappa shape index (κ3) is 4.41. The predicted molar refractivity (Wildman–Crippen MR) is 87.7 cm³/mol. The van der Waals surface area contributed by atoms with Crippen LogP contribution in [-0.2, 0) is 4.74 Å². The maximum absolute atomic E-state index is 12.2. The van der Waals surface area contributed by atoms with Gasteiger partial charge in [-0.15, -0.1) is 0 Å². The first-order chi connectivity index (χ1) is 10.9. The van der Waals surface area contributed by atoms with Gasteiger partial charge in [0.25, 0.3) is 5.69 Å². The Morgan fingerprint density at radius 3 is 2.57 bits per heavy atom.